The molecule has 0 radical (unpaired) electrons. The molecule has 0 aliphatic carbocycles. The summed E-state index contributed by atoms with van der Waals surface area (Å²) in [5, 5.41) is 8.96. The van der Waals surface area contributed by atoms with Gasteiger partial charge in [0.2, 0.25) is 5.69 Å². The lowest BCUT2D eigenvalue weighted by Gasteiger charge is -2.09. The Kier molecular flexibility index (Phi) is 3.38. The average Bonchev–Trinajstić information content (AvgIpc) is 2.40. The number of hydrogen-bond acceptors (Lipinski definition) is 5. The van der Waals surface area contributed by atoms with Crippen LogP contribution in [0.2, 0.25) is 0 Å². The Morgan fingerprint density at radius 2 is 1.83 bits per heavy atom. The van der Waals surface area contributed by atoms with Gasteiger partial charge in [0.1, 0.15) is 0 Å². The van der Waals surface area contributed by atoms with Crippen LogP contribution in [0, 0.1) is 0 Å². The molecule has 2 aromatic rings. The zero-order valence-electron chi connectivity index (χ0n) is 9.53. The van der Waals surface area contributed by atoms with Crippen molar-refractivity contribution in [1.82, 2.24) is 9.97 Å². The molecule has 0 aliphatic heterocycles. The number of ether oxygens (including phenoxy) is 2. The second-order valence-corrected chi connectivity index (χ2v) is 3.27. The summed E-state index contributed by atoms with van der Waals surface area (Å²) in [5.74, 6) is -0.412. The van der Waals surface area contributed by atoms with E-state index < -0.39 is 5.97 Å². The molecule has 0 bridgehead atoms. The standard InChI is InChI=1S/C12H10N2O4/c1-17-8-4-2-3-5-9(8)18-11-10(12(15)16)13-6-7-14-11/h2-7H,1H3,(H,15,16). The van der Waals surface area contributed by atoms with E-state index in [4.69, 9.17) is 14.6 Å². The van der Waals surface area contributed by atoms with Crippen molar-refractivity contribution in [3.05, 3.63) is 42.4 Å². The Labute approximate surface area is 103 Å². The fourth-order valence-electron chi connectivity index (χ4n) is 1.35. The molecule has 0 saturated carbocycles. The van der Waals surface area contributed by atoms with Gasteiger partial charge in [-0.3, -0.25) is 0 Å². The molecule has 1 aromatic heterocycles. The van der Waals surface area contributed by atoms with Crippen molar-refractivity contribution in [3.8, 4) is 17.4 Å². The highest BCUT2D eigenvalue weighted by Gasteiger charge is 2.16. The van der Waals surface area contributed by atoms with Crippen molar-refractivity contribution >= 4 is 5.97 Å². The van der Waals surface area contributed by atoms with Crippen LogP contribution in [0.3, 0.4) is 0 Å². The maximum atomic E-state index is 11.0. The minimum atomic E-state index is -1.20. The lowest BCUT2D eigenvalue weighted by Crippen LogP contribution is -2.04. The molecule has 92 valence electrons. The topological polar surface area (TPSA) is 81.5 Å². The Morgan fingerprint density at radius 1 is 1.17 bits per heavy atom. The van der Waals surface area contributed by atoms with E-state index in [2.05, 4.69) is 9.97 Å². The fourth-order valence-corrected chi connectivity index (χ4v) is 1.35. The highest BCUT2D eigenvalue weighted by molar-refractivity contribution is 5.87. The third-order valence-corrected chi connectivity index (χ3v) is 2.14. The molecule has 6 nitrogen and oxygen atoms in total. The Bertz CT molecular complexity index is 572. The third-order valence-electron chi connectivity index (χ3n) is 2.14. The van der Waals surface area contributed by atoms with E-state index in [9.17, 15) is 4.79 Å². The first-order valence-electron chi connectivity index (χ1n) is 5.07. The van der Waals surface area contributed by atoms with E-state index in [1.165, 1.54) is 19.5 Å². The highest BCUT2D eigenvalue weighted by Crippen LogP contribution is 2.30. The smallest absolute Gasteiger partial charge is 0.360 e. The van der Waals surface area contributed by atoms with Gasteiger partial charge >= 0.3 is 5.97 Å². The molecule has 0 unspecified atom stereocenters. The molecule has 1 heterocycles. The maximum Gasteiger partial charge on any atom is 0.360 e. The van der Waals surface area contributed by atoms with Gasteiger partial charge in [-0.1, -0.05) is 12.1 Å². The Hall–Kier alpha value is -2.63. The third kappa shape index (κ3) is 2.37. The van der Waals surface area contributed by atoms with Crippen LogP contribution in [-0.2, 0) is 0 Å². The zero-order valence-corrected chi connectivity index (χ0v) is 9.53. The number of carbonyl (C=O) groups is 1. The molecule has 0 spiro atoms. The van der Waals surface area contributed by atoms with Crippen molar-refractivity contribution < 1.29 is 19.4 Å². The zero-order chi connectivity index (χ0) is 13.0. The van der Waals surface area contributed by atoms with Gasteiger partial charge < -0.3 is 14.6 Å². The summed E-state index contributed by atoms with van der Waals surface area (Å²) >= 11 is 0. The van der Waals surface area contributed by atoms with Gasteiger partial charge in [-0.25, -0.2) is 14.8 Å². The van der Waals surface area contributed by atoms with Crippen molar-refractivity contribution in [2.24, 2.45) is 0 Å². The molecule has 0 amide bonds. The predicted octanol–water partition coefficient (Wildman–Crippen LogP) is 1.98. The Balaban J connectivity index is 2.37. The van der Waals surface area contributed by atoms with Crippen LogP contribution >= 0.6 is 0 Å². The van der Waals surface area contributed by atoms with Crippen LogP contribution in [0.25, 0.3) is 0 Å². The summed E-state index contributed by atoms with van der Waals surface area (Å²) in [4.78, 5) is 18.5. The summed E-state index contributed by atoms with van der Waals surface area (Å²) in [6, 6.07) is 6.88. The van der Waals surface area contributed by atoms with Gasteiger partial charge in [0.25, 0.3) is 5.88 Å². The van der Waals surface area contributed by atoms with Gasteiger partial charge in [-0.15, -0.1) is 0 Å². The molecular weight excluding hydrogens is 236 g/mol. The first-order chi connectivity index (χ1) is 8.72. The number of methoxy groups -OCH3 is 1. The van der Waals surface area contributed by atoms with E-state index in [1.807, 2.05) is 0 Å². The number of aromatic carboxylic acids is 1. The Morgan fingerprint density at radius 3 is 2.50 bits per heavy atom. The van der Waals surface area contributed by atoms with E-state index in [-0.39, 0.29) is 11.6 Å². The number of carboxylic acid groups (broad SMARTS) is 1. The number of rotatable bonds is 4. The van der Waals surface area contributed by atoms with Crippen molar-refractivity contribution in [2.45, 2.75) is 0 Å². The molecule has 0 atom stereocenters. The molecule has 2 rings (SSSR count). The van der Waals surface area contributed by atoms with Crippen molar-refractivity contribution in [2.75, 3.05) is 7.11 Å². The molecule has 1 N–H and O–H groups in total. The molecule has 0 saturated heterocycles. The second-order valence-electron chi connectivity index (χ2n) is 3.27. The summed E-state index contributed by atoms with van der Waals surface area (Å²) in [6.45, 7) is 0. The van der Waals surface area contributed by atoms with Crippen molar-refractivity contribution in [3.63, 3.8) is 0 Å². The average molecular weight is 246 g/mol. The van der Waals surface area contributed by atoms with Gasteiger partial charge in [-0.2, -0.15) is 0 Å². The lowest BCUT2D eigenvalue weighted by molar-refractivity contribution is 0.0686. The minimum Gasteiger partial charge on any atom is -0.493 e. The normalized spacial score (nSPS) is 9.83. The lowest BCUT2D eigenvalue weighted by atomic mass is 10.3. The van der Waals surface area contributed by atoms with Gasteiger partial charge in [0.05, 0.1) is 7.11 Å². The first-order valence-corrected chi connectivity index (χ1v) is 5.07. The summed E-state index contributed by atoms with van der Waals surface area (Å²) in [6.07, 6.45) is 2.65. The van der Waals surface area contributed by atoms with Crippen LogP contribution in [0.15, 0.2) is 36.7 Å². The maximum absolute atomic E-state index is 11.0. The monoisotopic (exact) mass is 246 g/mol. The van der Waals surface area contributed by atoms with Crippen molar-refractivity contribution in [1.29, 1.82) is 0 Å². The minimum absolute atomic E-state index is 0.0745. The number of nitrogens with zero attached hydrogens (tertiary/aromatic N) is 2. The number of carboxylic acids is 1. The van der Waals surface area contributed by atoms with Crippen LogP contribution in [0.4, 0.5) is 0 Å². The van der Waals surface area contributed by atoms with Gasteiger partial charge in [0.15, 0.2) is 11.5 Å². The molecule has 0 aliphatic rings. The predicted molar refractivity (Wildman–Crippen MR) is 62.1 cm³/mol. The van der Waals surface area contributed by atoms with Gasteiger partial charge in [-0.05, 0) is 12.1 Å². The molecule has 18 heavy (non-hydrogen) atoms. The van der Waals surface area contributed by atoms with Crippen LogP contribution in [-0.4, -0.2) is 28.2 Å². The second kappa shape index (κ2) is 5.13. The fraction of sp³-hybridized carbons (Fsp3) is 0.0833. The molecule has 1 aromatic carbocycles. The van der Waals surface area contributed by atoms with Gasteiger partial charge in [0, 0.05) is 12.4 Å². The number of para-hydroxylation sites is 2. The SMILES string of the molecule is COc1ccccc1Oc1nccnc1C(=O)O. The highest BCUT2D eigenvalue weighted by atomic mass is 16.5. The number of hydrogen-bond donors (Lipinski definition) is 1. The van der Waals surface area contributed by atoms with Crippen LogP contribution in [0.1, 0.15) is 10.5 Å². The molecule has 0 fully saturated rings. The quantitative estimate of drug-likeness (QED) is 0.888. The first kappa shape index (κ1) is 11.8. The largest absolute Gasteiger partial charge is 0.493 e. The number of benzene rings is 1. The van der Waals surface area contributed by atoms with E-state index in [0.717, 1.165) is 0 Å². The van der Waals surface area contributed by atoms with Crippen LogP contribution in [0.5, 0.6) is 17.4 Å². The summed E-state index contributed by atoms with van der Waals surface area (Å²) in [5.41, 5.74) is -0.247. The summed E-state index contributed by atoms with van der Waals surface area (Å²) in [7, 11) is 1.50. The van der Waals surface area contributed by atoms with Crippen LogP contribution < -0.4 is 9.47 Å². The summed E-state index contributed by atoms with van der Waals surface area (Å²) < 4.78 is 10.5. The van der Waals surface area contributed by atoms with E-state index >= 15 is 0 Å². The molecular formula is C12H10N2O4. The van der Waals surface area contributed by atoms with E-state index in [1.54, 1.807) is 24.3 Å². The molecule has 6 heteroatoms. The van der Waals surface area contributed by atoms with E-state index in [0.29, 0.717) is 11.5 Å². The number of aromatic nitrogens is 2.